The number of carbonyl (C=O) groups is 1. The van der Waals surface area contributed by atoms with Crippen molar-refractivity contribution in [1.82, 2.24) is 0 Å². The maximum atomic E-state index is 11.9. The Kier molecular flexibility index (Phi) is 6.20. The van der Waals surface area contributed by atoms with Crippen molar-refractivity contribution in [3.63, 3.8) is 0 Å². The highest BCUT2D eigenvalue weighted by Crippen LogP contribution is 2.35. The topological polar surface area (TPSA) is 42.9 Å². The van der Waals surface area contributed by atoms with E-state index in [4.69, 9.17) is 4.74 Å². The van der Waals surface area contributed by atoms with Crippen LogP contribution >= 0.6 is 22.6 Å². The zero-order valence-corrected chi connectivity index (χ0v) is 13.3. The number of hydrogen-bond acceptors (Lipinski definition) is 2. The third kappa shape index (κ3) is 3.81. The molecule has 0 aromatic heterocycles. The predicted octanol–water partition coefficient (Wildman–Crippen LogP) is 1.89. The average molecular weight is 354 g/mol. The quantitative estimate of drug-likeness (QED) is 0.466. The molecule has 0 aromatic carbocycles. The lowest BCUT2D eigenvalue weighted by molar-refractivity contribution is -0.666. The van der Waals surface area contributed by atoms with Gasteiger partial charge in [-0.2, -0.15) is 0 Å². The molecule has 0 aliphatic carbocycles. The highest BCUT2D eigenvalue weighted by molar-refractivity contribution is 14.1. The lowest BCUT2D eigenvalue weighted by Crippen LogP contribution is -2.86. The summed E-state index contributed by atoms with van der Waals surface area (Å²) >= 11 is 2.13. The first-order valence-electron chi connectivity index (χ1n) is 6.74. The van der Waals surface area contributed by atoms with Gasteiger partial charge in [-0.25, -0.2) is 0 Å². The minimum absolute atomic E-state index is 0.0520. The molecular formula is C13H25INO2+. The van der Waals surface area contributed by atoms with E-state index in [1.165, 1.54) is 25.9 Å². The first-order valence-corrected chi connectivity index (χ1v) is 7.99. The highest BCUT2D eigenvalue weighted by Gasteiger charge is 2.41. The normalized spacial score (nSPS) is 20.0. The van der Waals surface area contributed by atoms with Gasteiger partial charge in [0.25, 0.3) is 0 Å². The van der Waals surface area contributed by atoms with Crippen LogP contribution in [0, 0.1) is 5.92 Å². The van der Waals surface area contributed by atoms with Gasteiger partial charge in [0.05, 0.1) is 13.1 Å². The van der Waals surface area contributed by atoms with E-state index in [9.17, 15) is 4.79 Å². The number of ether oxygens (including phenoxy) is 1. The molecular weight excluding hydrogens is 329 g/mol. The van der Waals surface area contributed by atoms with Crippen LogP contribution in [-0.4, -0.2) is 28.6 Å². The highest BCUT2D eigenvalue weighted by atomic mass is 127. The second-order valence-corrected chi connectivity index (χ2v) is 6.82. The van der Waals surface area contributed by atoms with Gasteiger partial charge in [0, 0.05) is 18.8 Å². The summed E-state index contributed by atoms with van der Waals surface area (Å²) in [6.07, 6.45) is 4.21. The molecule has 17 heavy (non-hydrogen) atoms. The number of esters is 1. The molecule has 0 amide bonds. The minimum Gasteiger partial charge on any atom is -0.458 e. The Balaban J connectivity index is 2.75. The summed E-state index contributed by atoms with van der Waals surface area (Å²) in [5, 5.41) is 2.36. The van der Waals surface area contributed by atoms with E-state index in [1.807, 2.05) is 6.92 Å². The van der Waals surface area contributed by atoms with Crippen LogP contribution in [0.15, 0.2) is 0 Å². The lowest BCUT2D eigenvalue weighted by atomic mass is 9.77. The van der Waals surface area contributed by atoms with E-state index in [0.29, 0.717) is 5.92 Å². The first-order chi connectivity index (χ1) is 8.05. The van der Waals surface area contributed by atoms with Gasteiger partial charge in [0.1, 0.15) is 9.53 Å². The van der Waals surface area contributed by atoms with Crippen LogP contribution in [0.3, 0.4) is 0 Å². The van der Waals surface area contributed by atoms with Crippen molar-refractivity contribution < 1.29 is 14.8 Å². The fourth-order valence-corrected chi connectivity index (χ4v) is 2.92. The van der Waals surface area contributed by atoms with E-state index < -0.39 is 0 Å². The van der Waals surface area contributed by atoms with Crippen molar-refractivity contribution in [2.75, 3.05) is 13.1 Å². The lowest BCUT2D eigenvalue weighted by Gasteiger charge is -2.40. The van der Waals surface area contributed by atoms with E-state index in [1.54, 1.807) is 0 Å². The number of nitrogens with two attached hydrogens (primary N) is 1. The van der Waals surface area contributed by atoms with Gasteiger partial charge in [-0.3, -0.25) is 4.79 Å². The Morgan fingerprint density at radius 1 is 1.41 bits per heavy atom. The Hall–Kier alpha value is 0.160. The summed E-state index contributed by atoms with van der Waals surface area (Å²) < 4.78 is 5.82. The molecule has 1 rings (SSSR count). The molecule has 0 aromatic rings. The van der Waals surface area contributed by atoms with E-state index in [-0.39, 0.29) is 15.5 Å². The number of quaternary nitrogens is 1. The molecule has 3 nitrogen and oxygen atoms in total. The molecule has 2 N–H and O–H groups in total. The van der Waals surface area contributed by atoms with Gasteiger partial charge in [0.15, 0.2) is 0 Å². The Morgan fingerprint density at radius 2 is 1.94 bits per heavy atom. The molecule has 1 aliphatic rings. The standard InChI is InChI=1S/C13H24INO2/c1-4-13(5-2,17-12(16)10(3)14)11-6-8-15-9-7-11/h10-11,15H,4-9H2,1-3H3/p+1. The number of carbonyl (C=O) groups excluding carboxylic acids is 1. The Morgan fingerprint density at radius 3 is 2.35 bits per heavy atom. The van der Waals surface area contributed by atoms with Gasteiger partial charge >= 0.3 is 5.97 Å². The van der Waals surface area contributed by atoms with Crippen molar-refractivity contribution in [3.8, 4) is 0 Å². The summed E-state index contributed by atoms with van der Waals surface area (Å²) in [6.45, 7) is 8.53. The number of piperidine rings is 1. The second-order valence-electron chi connectivity index (χ2n) is 4.95. The molecule has 1 atom stereocenters. The number of hydrogen-bond donors (Lipinski definition) is 1. The fourth-order valence-electron chi connectivity index (χ4n) is 2.79. The van der Waals surface area contributed by atoms with Crippen LogP contribution in [0.5, 0.6) is 0 Å². The zero-order chi connectivity index (χ0) is 12.9. The van der Waals surface area contributed by atoms with E-state index in [0.717, 1.165) is 12.8 Å². The molecule has 1 saturated heterocycles. The molecule has 0 spiro atoms. The van der Waals surface area contributed by atoms with Gasteiger partial charge in [-0.1, -0.05) is 36.4 Å². The fraction of sp³-hybridized carbons (Fsp3) is 0.923. The maximum Gasteiger partial charge on any atom is 0.319 e. The molecule has 4 heteroatoms. The van der Waals surface area contributed by atoms with Crippen molar-refractivity contribution in [3.05, 3.63) is 0 Å². The van der Waals surface area contributed by atoms with Gasteiger partial charge in [-0.05, 0) is 19.8 Å². The SMILES string of the molecule is CCC(CC)(OC(=O)C(C)I)C1CC[NH2+]CC1. The third-order valence-electron chi connectivity index (χ3n) is 4.01. The van der Waals surface area contributed by atoms with Crippen LogP contribution in [0.25, 0.3) is 0 Å². The van der Waals surface area contributed by atoms with Crippen LogP contribution in [0.4, 0.5) is 0 Å². The largest absolute Gasteiger partial charge is 0.458 e. The van der Waals surface area contributed by atoms with Crippen LogP contribution in [0.2, 0.25) is 0 Å². The van der Waals surface area contributed by atoms with Gasteiger partial charge < -0.3 is 10.1 Å². The molecule has 1 heterocycles. The third-order valence-corrected chi connectivity index (χ3v) is 4.52. The summed E-state index contributed by atoms with van der Waals surface area (Å²) in [6, 6.07) is 0. The first kappa shape index (κ1) is 15.2. The molecule has 0 bridgehead atoms. The van der Waals surface area contributed by atoms with Crippen LogP contribution < -0.4 is 5.32 Å². The second kappa shape index (κ2) is 6.92. The molecule has 1 unspecified atom stereocenters. The molecule has 1 fully saturated rings. The van der Waals surface area contributed by atoms with Crippen molar-refractivity contribution in [2.45, 2.75) is 56.0 Å². The Bertz CT molecular complexity index is 246. The summed E-state index contributed by atoms with van der Waals surface area (Å²) in [5.74, 6) is 0.491. The van der Waals surface area contributed by atoms with Crippen molar-refractivity contribution in [1.29, 1.82) is 0 Å². The monoisotopic (exact) mass is 354 g/mol. The van der Waals surface area contributed by atoms with Gasteiger partial charge in [-0.15, -0.1) is 0 Å². The number of halogens is 1. The van der Waals surface area contributed by atoms with Crippen LogP contribution in [0.1, 0.15) is 46.5 Å². The number of alkyl halides is 1. The van der Waals surface area contributed by atoms with Crippen molar-refractivity contribution in [2.24, 2.45) is 5.92 Å². The molecule has 100 valence electrons. The molecule has 0 radical (unpaired) electrons. The Labute approximate surface area is 118 Å². The van der Waals surface area contributed by atoms with E-state index >= 15 is 0 Å². The van der Waals surface area contributed by atoms with E-state index in [2.05, 4.69) is 41.8 Å². The summed E-state index contributed by atoms with van der Waals surface area (Å²) in [4.78, 5) is 11.9. The molecule has 0 saturated carbocycles. The average Bonchev–Trinajstić information content (AvgIpc) is 2.36. The zero-order valence-electron chi connectivity index (χ0n) is 11.2. The minimum atomic E-state index is -0.217. The van der Waals surface area contributed by atoms with Crippen molar-refractivity contribution >= 4 is 28.6 Å². The summed E-state index contributed by atoms with van der Waals surface area (Å²) in [7, 11) is 0. The smallest absolute Gasteiger partial charge is 0.319 e. The predicted molar refractivity (Wildman–Crippen MR) is 77.3 cm³/mol. The maximum absolute atomic E-state index is 11.9. The summed E-state index contributed by atoms with van der Waals surface area (Å²) in [5.41, 5.74) is -0.217. The molecule has 1 aliphatic heterocycles. The van der Waals surface area contributed by atoms with Crippen LogP contribution in [-0.2, 0) is 9.53 Å². The van der Waals surface area contributed by atoms with Gasteiger partial charge in [0.2, 0.25) is 0 Å². The number of rotatable bonds is 5.